The average Bonchev–Trinajstić information content (AvgIpc) is 2.95. The van der Waals surface area contributed by atoms with Gasteiger partial charge >= 0.3 is 5.97 Å². The Morgan fingerprint density at radius 2 is 2.30 bits per heavy atom. The number of benzene rings is 1. The maximum atomic E-state index is 11.2. The minimum Gasteiger partial charge on any atom is -0.463 e. The van der Waals surface area contributed by atoms with Crippen LogP contribution >= 0.6 is 0 Å². The summed E-state index contributed by atoms with van der Waals surface area (Å²) in [6, 6.07) is 5.54. The van der Waals surface area contributed by atoms with Crippen molar-refractivity contribution in [2.24, 2.45) is 0 Å². The van der Waals surface area contributed by atoms with Gasteiger partial charge in [-0.3, -0.25) is 10.1 Å². The summed E-state index contributed by atoms with van der Waals surface area (Å²) < 4.78 is 5.64. The third kappa shape index (κ3) is 2.30. The van der Waals surface area contributed by atoms with Crippen molar-refractivity contribution in [3.8, 4) is 11.8 Å². The highest BCUT2D eigenvalue weighted by Crippen LogP contribution is 2.19. The predicted octanol–water partition coefficient (Wildman–Crippen LogP) is 0.834. The van der Waals surface area contributed by atoms with Gasteiger partial charge in [-0.1, -0.05) is 0 Å². The van der Waals surface area contributed by atoms with E-state index in [1.165, 1.54) is 30.3 Å². The molecule has 0 saturated heterocycles. The summed E-state index contributed by atoms with van der Waals surface area (Å²) in [5, 5.41) is 23.5. The van der Waals surface area contributed by atoms with Crippen molar-refractivity contribution in [1.29, 1.82) is 5.26 Å². The van der Waals surface area contributed by atoms with E-state index in [9.17, 15) is 14.9 Å². The number of nitro benzene ring substituents is 1. The van der Waals surface area contributed by atoms with Gasteiger partial charge in [-0.2, -0.15) is 5.26 Å². The SMILES string of the molecule is COC(=O)c1ncn(-c2ccc([N+](=O)[O-])cc2C#N)n1. The van der Waals surface area contributed by atoms with E-state index in [2.05, 4.69) is 14.8 Å². The van der Waals surface area contributed by atoms with Crippen molar-refractivity contribution in [3.63, 3.8) is 0 Å². The van der Waals surface area contributed by atoms with Crippen LogP contribution in [0.1, 0.15) is 16.2 Å². The number of aromatic nitrogens is 3. The summed E-state index contributed by atoms with van der Waals surface area (Å²) >= 11 is 0. The zero-order valence-electron chi connectivity index (χ0n) is 10.2. The van der Waals surface area contributed by atoms with Crippen molar-refractivity contribution in [3.05, 3.63) is 46.0 Å². The van der Waals surface area contributed by atoms with Gasteiger partial charge in [0.2, 0.25) is 0 Å². The van der Waals surface area contributed by atoms with Gasteiger partial charge in [-0.25, -0.2) is 14.5 Å². The van der Waals surface area contributed by atoms with E-state index >= 15 is 0 Å². The molecule has 2 aromatic rings. The summed E-state index contributed by atoms with van der Waals surface area (Å²) in [4.78, 5) is 25.0. The standard InChI is InChI=1S/C11H7N5O4/c1-20-11(17)10-13-6-15(14-10)9-3-2-8(16(18)19)4-7(9)5-12/h2-4,6H,1H3. The third-order valence-electron chi connectivity index (χ3n) is 2.42. The number of carbonyl (C=O) groups is 1. The molecule has 0 spiro atoms. The fraction of sp³-hybridized carbons (Fsp3) is 0.0909. The molecule has 1 aromatic heterocycles. The molecule has 0 unspecified atom stereocenters. The Morgan fingerprint density at radius 3 is 2.90 bits per heavy atom. The first-order chi connectivity index (χ1) is 9.56. The number of nitrogens with zero attached hydrogens (tertiary/aromatic N) is 5. The molecular weight excluding hydrogens is 266 g/mol. The largest absolute Gasteiger partial charge is 0.463 e. The lowest BCUT2D eigenvalue weighted by Crippen LogP contribution is -2.06. The molecule has 0 atom stereocenters. The number of methoxy groups -OCH3 is 1. The molecule has 0 saturated carbocycles. The topological polar surface area (TPSA) is 124 Å². The molecule has 0 aliphatic carbocycles. The van der Waals surface area contributed by atoms with Gasteiger partial charge in [0, 0.05) is 12.1 Å². The van der Waals surface area contributed by atoms with Crippen LogP contribution in [0.15, 0.2) is 24.5 Å². The van der Waals surface area contributed by atoms with E-state index in [0.29, 0.717) is 0 Å². The first-order valence-corrected chi connectivity index (χ1v) is 5.25. The number of hydrogen-bond acceptors (Lipinski definition) is 7. The molecule has 2 rings (SSSR count). The molecule has 100 valence electrons. The van der Waals surface area contributed by atoms with E-state index in [0.717, 1.165) is 6.07 Å². The molecule has 1 heterocycles. The van der Waals surface area contributed by atoms with Crippen molar-refractivity contribution in [2.75, 3.05) is 7.11 Å². The lowest BCUT2D eigenvalue weighted by atomic mass is 10.2. The van der Waals surface area contributed by atoms with Gasteiger partial charge in [0.05, 0.1) is 23.3 Å². The van der Waals surface area contributed by atoms with Crippen LogP contribution in [0.5, 0.6) is 0 Å². The maximum Gasteiger partial charge on any atom is 0.377 e. The quantitative estimate of drug-likeness (QED) is 0.460. The first-order valence-electron chi connectivity index (χ1n) is 5.25. The van der Waals surface area contributed by atoms with Gasteiger partial charge in [0.1, 0.15) is 12.4 Å². The van der Waals surface area contributed by atoms with Crippen LogP contribution in [-0.2, 0) is 4.74 Å². The summed E-state index contributed by atoms with van der Waals surface area (Å²) in [7, 11) is 1.19. The number of carbonyl (C=O) groups excluding carboxylic acids is 1. The average molecular weight is 273 g/mol. The molecule has 9 nitrogen and oxygen atoms in total. The van der Waals surface area contributed by atoms with Crippen molar-refractivity contribution in [1.82, 2.24) is 14.8 Å². The second-order valence-electron chi connectivity index (χ2n) is 3.57. The Kier molecular flexibility index (Phi) is 3.39. The molecule has 20 heavy (non-hydrogen) atoms. The number of ether oxygens (including phenoxy) is 1. The van der Waals surface area contributed by atoms with Gasteiger partial charge in [-0.05, 0) is 6.07 Å². The number of rotatable bonds is 3. The number of nitro groups is 1. The summed E-state index contributed by atoms with van der Waals surface area (Å²) in [5.74, 6) is -0.890. The van der Waals surface area contributed by atoms with Gasteiger partial charge in [0.25, 0.3) is 11.5 Å². The number of hydrogen-bond donors (Lipinski definition) is 0. The normalized spacial score (nSPS) is 9.80. The van der Waals surface area contributed by atoms with E-state index in [-0.39, 0.29) is 22.8 Å². The molecule has 0 fully saturated rings. The molecule has 0 bridgehead atoms. The molecular formula is C11H7N5O4. The lowest BCUT2D eigenvalue weighted by molar-refractivity contribution is -0.384. The fourth-order valence-electron chi connectivity index (χ4n) is 1.49. The molecule has 0 amide bonds. The molecule has 0 aliphatic heterocycles. The highest BCUT2D eigenvalue weighted by molar-refractivity contribution is 5.84. The molecule has 0 aliphatic rings. The van der Waals surface area contributed by atoms with Crippen LogP contribution in [0.3, 0.4) is 0 Å². The fourth-order valence-corrected chi connectivity index (χ4v) is 1.49. The van der Waals surface area contributed by atoms with Gasteiger partial charge in [0.15, 0.2) is 0 Å². The molecule has 9 heteroatoms. The lowest BCUT2D eigenvalue weighted by Gasteiger charge is -2.02. The maximum absolute atomic E-state index is 11.2. The third-order valence-corrected chi connectivity index (χ3v) is 2.42. The Balaban J connectivity index is 2.48. The first kappa shape index (κ1) is 13.2. The second-order valence-corrected chi connectivity index (χ2v) is 3.57. The van der Waals surface area contributed by atoms with Crippen LogP contribution in [-0.4, -0.2) is 32.8 Å². The van der Waals surface area contributed by atoms with Crippen molar-refractivity contribution < 1.29 is 14.5 Å². The summed E-state index contributed by atoms with van der Waals surface area (Å²) in [6.45, 7) is 0. The Morgan fingerprint density at radius 1 is 1.55 bits per heavy atom. The number of non-ortho nitro benzene ring substituents is 1. The zero-order chi connectivity index (χ0) is 14.7. The number of esters is 1. The minimum atomic E-state index is -0.718. The zero-order valence-corrected chi connectivity index (χ0v) is 10.2. The van der Waals surface area contributed by atoms with Gasteiger partial charge < -0.3 is 4.74 Å². The van der Waals surface area contributed by atoms with E-state index in [1.807, 2.05) is 6.07 Å². The number of nitriles is 1. The van der Waals surface area contributed by atoms with Crippen LogP contribution in [0.4, 0.5) is 5.69 Å². The van der Waals surface area contributed by atoms with Crippen LogP contribution in [0, 0.1) is 21.4 Å². The van der Waals surface area contributed by atoms with E-state index in [4.69, 9.17) is 5.26 Å². The summed E-state index contributed by atoms with van der Waals surface area (Å²) in [5.41, 5.74) is 0.111. The highest BCUT2D eigenvalue weighted by Gasteiger charge is 2.16. The Labute approximate surface area is 112 Å². The Bertz CT molecular complexity index is 731. The van der Waals surface area contributed by atoms with Crippen LogP contribution in [0.2, 0.25) is 0 Å². The van der Waals surface area contributed by atoms with Crippen molar-refractivity contribution >= 4 is 11.7 Å². The smallest absolute Gasteiger partial charge is 0.377 e. The van der Waals surface area contributed by atoms with E-state index in [1.54, 1.807) is 0 Å². The molecule has 0 N–H and O–H groups in total. The molecule has 1 aromatic carbocycles. The monoisotopic (exact) mass is 273 g/mol. The Hall–Kier alpha value is -3.28. The van der Waals surface area contributed by atoms with Crippen molar-refractivity contribution in [2.45, 2.75) is 0 Å². The van der Waals surface area contributed by atoms with Crippen LogP contribution in [0.25, 0.3) is 5.69 Å². The van der Waals surface area contributed by atoms with E-state index < -0.39 is 10.9 Å². The highest BCUT2D eigenvalue weighted by atomic mass is 16.6. The summed E-state index contributed by atoms with van der Waals surface area (Å²) in [6.07, 6.45) is 1.22. The van der Waals surface area contributed by atoms with Gasteiger partial charge in [-0.15, -0.1) is 5.10 Å². The second kappa shape index (κ2) is 5.15. The molecule has 0 radical (unpaired) electrons. The minimum absolute atomic E-state index is 0.0421. The van der Waals surface area contributed by atoms with Crippen LogP contribution < -0.4 is 0 Å². The predicted molar refractivity (Wildman–Crippen MR) is 64.1 cm³/mol.